The number of aryl methyl sites for hydroxylation is 1. The predicted octanol–water partition coefficient (Wildman–Crippen LogP) is 4.37. The predicted molar refractivity (Wildman–Crippen MR) is 86.8 cm³/mol. The van der Waals surface area contributed by atoms with Gasteiger partial charge in [0.25, 0.3) is 0 Å². The smallest absolute Gasteiger partial charge is 0.161 e. The summed E-state index contributed by atoms with van der Waals surface area (Å²) >= 11 is 12.2. The van der Waals surface area contributed by atoms with Gasteiger partial charge in [-0.05, 0) is 47.9 Å². The number of nitrogens with two attached hydrogens (primary N) is 1. The van der Waals surface area contributed by atoms with Crippen molar-refractivity contribution >= 4 is 23.2 Å². The maximum Gasteiger partial charge on any atom is 0.161 e. The van der Waals surface area contributed by atoms with E-state index in [0.29, 0.717) is 21.5 Å². The van der Waals surface area contributed by atoms with Crippen LogP contribution in [-0.2, 0) is 0 Å². The Morgan fingerprint density at radius 2 is 1.57 bits per heavy atom. The van der Waals surface area contributed by atoms with E-state index in [2.05, 4.69) is 0 Å². The zero-order chi connectivity index (χ0) is 15.6. The quantitative estimate of drug-likeness (QED) is 0.907. The van der Waals surface area contributed by atoms with Crippen molar-refractivity contribution in [1.29, 1.82) is 0 Å². The van der Waals surface area contributed by atoms with Gasteiger partial charge in [0.2, 0.25) is 0 Å². The molecule has 2 rings (SSSR count). The van der Waals surface area contributed by atoms with Crippen LogP contribution in [0.4, 0.5) is 0 Å². The van der Waals surface area contributed by atoms with Crippen LogP contribution in [0, 0.1) is 6.92 Å². The first kappa shape index (κ1) is 16.0. The molecule has 0 saturated heterocycles. The first-order valence-electron chi connectivity index (χ1n) is 6.41. The van der Waals surface area contributed by atoms with Crippen molar-refractivity contribution in [2.75, 3.05) is 14.2 Å². The van der Waals surface area contributed by atoms with Crippen LogP contribution in [-0.4, -0.2) is 14.2 Å². The largest absolute Gasteiger partial charge is 0.493 e. The summed E-state index contributed by atoms with van der Waals surface area (Å²) in [6.07, 6.45) is 0. The molecule has 0 fully saturated rings. The number of benzene rings is 2. The number of hydrogen-bond donors (Lipinski definition) is 1. The van der Waals surface area contributed by atoms with Crippen molar-refractivity contribution < 1.29 is 9.47 Å². The molecule has 0 bridgehead atoms. The third-order valence-corrected chi connectivity index (χ3v) is 3.97. The highest BCUT2D eigenvalue weighted by molar-refractivity contribution is 6.35. The van der Waals surface area contributed by atoms with Crippen molar-refractivity contribution in [3.8, 4) is 11.5 Å². The van der Waals surface area contributed by atoms with Crippen LogP contribution in [0.2, 0.25) is 10.0 Å². The maximum absolute atomic E-state index is 6.36. The molecule has 0 heterocycles. The van der Waals surface area contributed by atoms with Crippen molar-refractivity contribution in [3.05, 3.63) is 57.1 Å². The zero-order valence-corrected chi connectivity index (χ0v) is 13.6. The molecule has 0 spiro atoms. The normalized spacial score (nSPS) is 12.1. The Bertz CT molecular complexity index is 659. The second-order valence-electron chi connectivity index (χ2n) is 4.71. The summed E-state index contributed by atoms with van der Waals surface area (Å²) in [5, 5.41) is 1.13. The number of ether oxygens (including phenoxy) is 2. The van der Waals surface area contributed by atoms with E-state index in [0.717, 1.165) is 16.7 Å². The first-order chi connectivity index (χ1) is 9.97. The highest BCUT2D eigenvalue weighted by atomic mass is 35.5. The Morgan fingerprint density at radius 3 is 2.14 bits per heavy atom. The highest BCUT2D eigenvalue weighted by Crippen LogP contribution is 2.36. The molecule has 0 saturated carbocycles. The number of methoxy groups -OCH3 is 2. The van der Waals surface area contributed by atoms with Gasteiger partial charge >= 0.3 is 0 Å². The third kappa shape index (κ3) is 3.26. The van der Waals surface area contributed by atoms with Crippen LogP contribution in [0.5, 0.6) is 11.5 Å². The van der Waals surface area contributed by atoms with Gasteiger partial charge in [0.15, 0.2) is 11.5 Å². The molecule has 5 heteroatoms. The lowest BCUT2D eigenvalue weighted by Crippen LogP contribution is -2.14. The fraction of sp³-hybridized carbons (Fsp3) is 0.250. The number of rotatable bonds is 4. The highest BCUT2D eigenvalue weighted by Gasteiger charge is 2.18. The molecule has 21 heavy (non-hydrogen) atoms. The van der Waals surface area contributed by atoms with Crippen LogP contribution in [0.25, 0.3) is 0 Å². The van der Waals surface area contributed by atoms with Gasteiger partial charge in [0.1, 0.15) is 0 Å². The molecule has 2 aromatic rings. The average molecular weight is 326 g/mol. The van der Waals surface area contributed by atoms with Gasteiger partial charge in [-0.15, -0.1) is 0 Å². The van der Waals surface area contributed by atoms with Gasteiger partial charge in [-0.1, -0.05) is 29.3 Å². The Labute approximate surface area is 134 Å². The molecular formula is C16H17Cl2NO2. The molecule has 0 aliphatic heterocycles. The van der Waals surface area contributed by atoms with E-state index >= 15 is 0 Å². The van der Waals surface area contributed by atoms with E-state index in [9.17, 15) is 0 Å². The second kappa shape index (κ2) is 6.56. The maximum atomic E-state index is 6.36. The standard InChI is InChI=1S/C16H17Cl2NO2/c1-9-6-14(20-2)15(21-3)8-12(9)16(19)11-5-4-10(17)7-13(11)18/h4-8,16H,19H2,1-3H3. The number of hydrogen-bond acceptors (Lipinski definition) is 3. The fourth-order valence-corrected chi connectivity index (χ4v) is 2.78. The van der Waals surface area contributed by atoms with Crippen LogP contribution in [0.15, 0.2) is 30.3 Å². The van der Waals surface area contributed by atoms with Crippen molar-refractivity contribution in [3.63, 3.8) is 0 Å². The molecule has 0 radical (unpaired) electrons. The van der Waals surface area contributed by atoms with Gasteiger partial charge in [0, 0.05) is 10.0 Å². The van der Waals surface area contributed by atoms with Crippen LogP contribution in [0.1, 0.15) is 22.7 Å². The molecule has 2 N–H and O–H groups in total. The lowest BCUT2D eigenvalue weighted by Gasteiger charge is -2.19. The van der Waals surface area contributed by atoms with Gasteiger partial charge in [-0.3, -0.25) is 0 Å². The average Bonchev–Trinajstić information content (AvgIpc) is 2.46. The lowest BCUT2D eigenvalue weighted by molar-refractivity contribution is 0.354. The molecule has 0 aliphatic rings. The number of halogens is 2. The summed E-state index contributed by atoms with van der Waals surface area (Å²) in [6.45, 7) is 1.97. The molecule has 0 amide bonds. The molecule has 112 valence electrons. The Balaban J connectivity index is 2.50. The second-order valence-corrected chi connectivity index (χ2v) is 5.55. The van der Waals surface area contributed by atoms with Crippen LogP contribution >= 0.6 is 23.2 Å². The molecule has 3 nitrogen and oxygen atoms in total. The van der Waals surface area contributed by atoms with Gasteiger partial charge < -0.3 is 15.2 Å². The van der Waals surface area contributed by atoms with E-state index in [1.807, 2.05) is 25.1 Å². The van der Waals surface area contributed by atoms with Crippen molar-refractivity contribution in [2.24, 2.45) is 5.73 Å². The summed E-state index contributed by atoms with van der Waals surface area (Å²) in [5.74, 6) is 1.31. The minimum absolute atomic E-state index is 0.366. The minimum Gasteiger partial charge on any atom is -0.493 e. The van der Waals surface area contributed by atoms with E-state index in [1.54, 1.807) is 26.4 Å². The summed E-state index contributed by atoms with van der Waals surface area (Å²) in [4.78, 5) is 0. The topological polar surface area (TPSA) is 44.5 Å². The molecule has 1 atom stereocenters. The first-order valence-corrected chi connectivity index (χ1v) is 7.16. The zero-order valence-electron chi connectivity index (χ0n) is 12.1. The molecular weight excluding hydrogens is 309 g/mol. The van der Waals surface area contributed by atoms with Gasteiger partial charge in [0.05, 0.1) is 20.3 Å². The molecule has 1 unspecified atom stereocenters. The SMILES string of the molecule is COc1cc(C)c(C(N)c2ccc(Cl)cc2Cl)cc1OC. The van der Waals surface area contributed by atoms with Gasteiger partial charge in [-0.2, -0.15) is 0 Å². The van der Waals surface area contributed by atoms with Crippen LogP contribution < -0.4 is 15.2 Å². The molecule has 0 aliphatic carbocycles. The van der Waals surface area contributed by atoms with E-state index < -0.39 is 0 Å². The van der Waals surface area contributed by atoms with Crippen molar-refractivity contribution in [1.82, 2.24) is 0 Å². The molecule has 0 aromatic heterocycles. The molecule has 2 aromatic carbocycles. The fourth-order valence-electron chi connectivity index (χ4n) is 2.25. The van der Waals surface area contributed by atoms with Crippen molar-refractivity contribution in [2.45, 2.75) is 13.0 Å². The van der Waals surface area contributed by atoms with E-state index in [-0.39, 0.29) is 6.04 Å². The minimum atomic E-state index is -0.366. The van der Waals surface area contributed by atoms with E-state index in [4.69, 9.17) is 38.4 Å². The lowest BCUT2D eigenvalue weighted by atomic mass is 9.95. The Morgan fingerprint density at radius 1 is 0.952 bits per heavy atom. The van der Waals surface area contributed by atoms with Gasteiger partial charge in [-0.25, -0.2) is 0 Å². The third-order valence-electron chi connectivity index (χ3n) is 3.40. The Hall–Kier alpha value is -1.42. The summed E-state index contributed by atoms with van der Waals surface area (Å²) in [7, 11) is 3.20. The van der Waals surface area contributed by atoms with Crippen LogP contribution in [0.3, 0.4) is 0 Å². The summed E-state index contributed by atoms with van der Waals surface area (Å²) in [5.41, 5.74) is 9.11. The van der Waals surface area contributed by atoms with E-state index in [1.165, 1.54) is 0 Å². The monoisotopic (exact) mass is 325 g/mol. The Kier molecular flexibility index (Phi) is 4.99. The summed E-state index contributed by atoms with van der Waals surface area (Å²) in [6, 6.07) is 8.72. The summed E-state index contributed by atoms with van der Waals surface area (Å²) < 4.78 is 10.6.